The summed E-state index contributed by atoms with van der Waals surface area (Å²) in [5.41, 5.74) is 30.6. The van der Waals surface area contributed by atoms with Crippen LogP contribution in [0.2, 0.25) is 0 Å². The van der Waals surface area contributed by atoms with E-state index in [1.54, 1.807) is 0 Å². The Labute approximate surface area is 158 Å². The summed E-state index contributed by atoms with van der Waals surface area (Å²) >= 11 is 0. The summed E-state index contributed by atoms with van der Waals surface area (Å²) in [6, 6.07) is -1.64. The summed E-state index contributed by atoms with van der Waals surface area (Å²) in [6.45, 7) is 0.840. The average molecular weight is 414 g/mol. The van der Waals surface area contributed by atoms with Gasteiger partial charge in [0.05, 0.1) is 0 Å². The number of carboxylic acids is 2. The van der Waals surface area contributed by atoms with E-state index in [-0.39, 0.29) is 31.4 Å². The maximum atomic E-state index is 10.2. The zero-order valence-corrected chi connectivity index (χ0v) is 17.1. The molecule has 2 unspecified atom stereocenters. The second kappa shape index (κ2) is 16.9. The predicted octanol–water partition coefficient (Wildman–Crippen LogP) is -3.10. The molecule has 0 radical (unpaired) electrons. The van der Waals surface area contributed by atoms with Crippen LogP contribution in [-0.2, 0) is 29.1 Å². The first-order valence-electron chi connectivity index (χ1n) is 7.15. The number of carbonyl (C=O) groups is 2. The predicted molar refractivity (Wildman–Crippen MR) is 91.0 cm³/mol. The van der Waals surface area contributed by atoms with E-state index in [0.29, 0.717) is 38.8 Å². The van der Waals surface area contributed by atoms with Crippen LogP contribution in [0.1, 0.15) is 25.7 Å². The number of aliphatic imine (C=N–C) groups is 2. The third-order valence-corrected chi connectivity index (χ3v) is 2.57. The van der Waals surface area contributed by atoms with Crippen LogP contribution < -0.4 is 34.4 Å². The number of guanidine groups is 2. The van der Waals surface area contributed by atoms with Gasteiger partial charge in [-0.05, 0) is 25.7 Å². The molecule has 0 bridgehead atoms. The van der Waals surface area contributed by atoms with Crippen molar-refractivity contribution < 1.29 is 39.3 Å². The van der Waals surface area contributed by atoms with E-state index < -0.39 is 24.0 Å². The summed E-state index contributed by atoms with van der Waals surface area (Å²) in [6.07, 6.45) is 1.91. The number of rotatable bonds is 10. The van der Waals surface area contributed by atoms with E-state index in [2.05, 4.69) is 9.98 Å². The molecular formula is C12H28N8O4Zn. The molecule has 0 saturated carbocycles. The van der Waals surface area contributed by atoms with Gasteiger partial charge in [-0.2, -0.15) is 0 Å². The molecule has 0 aliphatic rings. The number of nitrogens with two attached hydrogens (primary N) is 6. The fourth-order valence-corrected chi connectivity index (χ4v) is 1.29. The largest absolute Gasteiger partial charge is 0.480 e. The molecule has 0 amide bonds. The van der Waals surface area contributed by atoms with E-state index in [9.17, 15) is 9.59 Å². The summed E-state index contributed by atoms with van der Waals surface area (Å²) in [5.74, 6) is -1.97. The van der Waals surface area contributed by atoms with Gasteiger partial charge in [-0.3, -0.25) is 19.6 Å². The van der Waals surface area contributed by atoms with Gasteiger partial charge in [0.15, 0.2) is 11.9 Å². The maximum absolute atomic E-state index is 10.2. The van der Waals surface area contributed by atoms with E-state index in [4.69, 9.17) is 44.6 Å². The molecule has 25 heavy (non-hydrogen) atoms. The van der Waals surface area contributed by atoms with E-state index >= 15 is 0 Å². The number of hydrogen-bond donors (Lipinski definition) is 8. The fraction of sp³-hybridized carbons (Fsp3) is 0.667. The zero-order chi connectivity index (χ0) is 19.1. The van der Waals surface area contributed by atoms with Crippen LogP contribution in [0.25, 0.3) is 0 Å². The van der Waals surface area contributed by atoms with Crippen LogP contribution >= 0.6 is 0 Å². The molecular weight excluding hydrogens is 386 g/mol. The van der Waals surface area contributed by atoms with Crippen molar-refractivity contribution in [2.24, 2.45) is 44.4 Å². The van der Waals surface area contributed by atoms with Crippen LogP contribution in [0.15, 0.2) is 9.98 Å². The van der Waals surface area contributed by atoms with E-state index in [0.717, 1.165) is 0 Å². The van der Waals surface area contributed by atoms with Crippen molar-refractivity contribution in [2.75, 3.05) is 13.1 Å². The minimum atomic E-state index is -1.00. The summed E-state index contributed by atoms with van der Waals surface area (Å²) in [5, 5.41) is 16.8. The van der Waals surface area contributed by atoms with Crippen LogP contribution in [-0.4, -0.2) is 59.2 Å². The van der Waals surface area contributed by atoms with E-state index in [1.165, 1.54) is 0 Å². The average Bonchev–Trinajstić information content (AvgIpc) is 2.47. The Morgan fingerprint density at radius 1 is 0.760 bits per heavy atom. The Bertz CT molecular complexity index is 399. The van der Waals surface area contributed by atoms with Gasteiger partial charge in [-0.25, -0.2) is 0 Å². The molecule has 12 nitrogen and oxygen atoms in total. The van der Waals surface area contributed by atoms with Crippen molar-refractivity contribution in [3.63, 3.8) is 0 Å². The van der Waals surface area contributed by atoms with E-state index in [1.807, 2.05) is 0 Å². The molecule has 0 spiro atoms. The number of nitrogens with zero attached hydrogens (tertiary/aromatic N) is 2. The molecule has 13 heteroatoms. The van der Waals surface area contributed by atoms with Crippen molar-refractivity contribution >= 4 is 23.9 Å². The minimum absolute atomic E-state index is 0. The molecule has 14 N–H and O–H groups in total. The Kier molecular flexibility index (Phi) is 18.8. The normalized spacial score (nSPS) is 11.6. The van der Waals surface area contributed by atoms with Crippen LogP contribution in [0.5, 0.6) is 0 Å². The number of carboxylic acid groups (broad SMARTS) is 2. The molecule has 2 atom stereocenters. The van der Waals surface area contributed by atoms with Gasteiger partial charge >= 0.3 is 11.9 Å². The number of aliphatic carboxylic acids is 2. The molecule has 0 aliphatic heterocycles. The molecule has 142 valence electrons. The molecule has 0 aromatic carbocycles. The Morgan fingerprint density at radius 2 is 1.04 bits per heavy atom. The molecule has 0 fully saturated rings. The molecule has 0 heterocycles. The third kappa shape index (κ3) is 22.0. The van der Waals surface area contributed by atoms with Gasteiger partial charge < -0.3 is 44.6 Å². The van der Waals surface area contributed by atoms with Gasteiger partial charge in [0.2, 0.25) is 0 Å². The summed E-state index contributed by atoms with van der Waals surface area (Å²) in [7, 11) is 0. The Morgan fingerprint density at radius 3 is 1.24 bits per heavy atom. The minimum Gasteiger partial charge on any atom is -0.480 e. The van der Waals surface area contributed by atoms with Gasteiger partial charge in [0, 0.05) is 32.6 Å². The van der Waals surface area contributed by atoms with Gasteiger partial charge in [0.1, 0.15) is 12.1 Å². The van der Waals surface area contributed by atoms with Crippen molar-refractivity contribution in [1.29, 1.82) is 0 Å². The number of hydrogen-bond acceptors (Lipinski definition) is 6. The third-order valence-electron chi connectivity index (χ3n) is 2.57. The van der Waals surface area contributed by atoms with Crippen molar-refractivity contribution in [3.8, 4) is 0 Å². The SMILES string of the molecule is NC(N)=NCCCC(N)C(=O)O.NC(N)=NCCCC(N)C(=O)O.[Zn]. The van der Waals surface area contributed by atoms with Gasteiger partial charge in [-0.1, -0.05) is 0 Å². The second-order valence-electron chi connectivity index (χ2n) is 4.79. The van der Waals surface area contributed by atoms with Gasteiger partial charge in [-0.15, -0.1) is 0 Å². The molecule has 0 aliphatic carbocycles. The Hall–Kier alpha value is -1.98. The second-order valence-corrected chi connectivity index (χ2v) is 4.79. The Balaban J connectivity index is -0.000000372. The van der Waals surface area contributed by atoms with Crippen molar-refractivity contribution in [1.82, 2.24) is 0 Å². The quantitative estimate of drug-likeness (QED) is 0.0773. The van der Waals surface area contributed by atoms with Gasteiger partial charge in [0.25, 0.3) is 0 Å². The summed E-state index contributed by atoms with van der Waals surface area (Å²) < 4.78 is 0. The monoisotopic (exact) mass is 412 g/mol. The zero-order valence-electron chi connectivity index (χ0n) is 14.2. The standard InChI is InChI=1S/2C6H14N4O2.Zn/c2*7-4(5(11)12)2-1-3-10-6(8)9;/h2*4H,1-3,7H2,(H,11,12)(H4,8,9,10);. The molecule has 0 rings (SSSR count). The maximum Gasteiger partial charge on any atom is 0.320 e. The molecule has 0 aromatic heterocycles. The van der Waals surface area contributed by atoms with Crippen molar-refractivity contribution in [3.05, 3.63) is 0 Å². The van der Waals surface area contributed by atoms with Crippen molar-refractivity contribution in [2.45, 2.75) is 37.8 Å². The summed E-state index contributed by atoms with van der Waals surface area (Å²) in [4.78, 5) is 27.8. The first-order valence-corrected chi connectivity index (χ1v) is 7.15. The first-order chi connectivity index (χ1) is 11.1. The van der Waals surface area contributed by atoms with Crippen LogP contribution in [0.4, 0.5) is 0 Å². The van der Waals surface area contributed by atoms with Crippen LogP contribution in [0.3, 0.4) is 0 Å². The van der Waals surface area contributed by atoms with Crippen LogP contribution in [0, 0.1) is 0 Å². The topological polar surface area (TPSA) is 255 Å². The fourth-order valence-electron chi connectivity index (χ4n) is 1.29. The smallest absolute Gasteiger partial charge is 0.320 e. The first kappa shape index (κ1) is 27.9. The molecule has 0 saturated heterocycles. The molecule has 0 aromatic rings.